The fourth-order valence-electron chi connectivity index (χ4n) is 3.07. The molecule has 2 aliphatic rings. The highest BCUT2D eigenvalue weighted by Crippen LogP contribution is 2.39. The maximum Gasteiger partial charge on any atom is 0.233 e. The van der Waals surface area contributed by atoms with Crippen molar-refractivity contribution in [1.29, 1.82) is 5.26 Å². The van der Waals surface area contributed by atoms with Crippen LogP contribution < -0.4 is 0 Å². The lowest BCUT2D eigenvalue weighted by Gasteiger charge is -2.23. The van der Waals surface area contributed by atoms with E-state index >= 15 is 0 Å². The van der Waals surface area contributed by atoms with Crippen LogP contribution in [0.15, 0.2) is 0 Å². The number of imide groups is 1. The zero-order valence-electron chi connectivity index (χ0n) is 10.2. The van der Waals surface area contributed by atoms with Gasteiger partial charge in [-0.05, 0) is 19.3 Å². The Morgan fingerprint density at radius 2 is 1.82 bits per heavy atom. The Hall–Kier alpha value is -1.37. The summed E-state index contributed by atoms with van der Waals surface area (Å²) in [5.41, 5.74) is 0. The number of hydrogen-bond acceptors (Lipinski definition) is 3. The number of likely N-dealkylation sites (tertiary alicyclic amines) is 1. The van der Waals surface area contributed by atoms with Crippen LogP contribution in [0.3, 0.4) is 0 Å². The number of rotatable bonds is 3. The minimum atomic E-state index is -0.217. The summed E-state index contributed by atoms with van der Waals surface area (Å²) in [7, 11) is 0. The standard InChI is InChI=1S/C13H18N2O2/c1-2-9(7-8-14)15-12(16)10-5-3-4-6-11(10)13(15)17/h9-11H,2-7H2,1H3. The molecule has 0 aromatic rings. The highest BCUT2D eigenvalue weighted by atomic mass is 16.2. The average molecular weight is 234 g/mol. The van der Waals surface area contributed by atoms with Crippen LogP contribution in [0.5, 0.6) is 0 Å². The molecule has 1 saturated carbocycles. The molecule has 3 atom stereocenters. The van der Waals surface area contributed by atoms with Crippen LogP contribution in [0, 0.1) is 23.2 Å². The highest BCUT2D eigenvalue weighted by molar-refractivity contribution is 6.05. The predicted molar refractivity (Wildman–Crippen MR) is 61.6 cm³/mol. The number of carbonyl (C=O) groups is 2. The smallest absolute Gasteiger partial charge is 0.233 e. The van der Waals surface area contributed by atoms with Crippen molar-refractivity contribution in [2.45, 2.75) is 51.5 Å². The van der Waals surface area contributed by atoms with E-state index in [4.69, 9.17) is 5.26 Å². The van der Waals surface area contributed by atoms with Crippen LogP contribution in [0.2, 0.25) is 0 Å². The topological polar surface area (TPSA) is 61.2 Å². The van der Waals surface area contributed by atoms with Crippen molar-refractivity contribution in [3.05, 3.63) is 0 Å². The molecule has 4 nitrogen and oxygen atoms in total. The Morgan fingerprint density at radius 1 is 1.29 bits per heavy atom. The number of fused-ring (bicyclic) bond motifs is 1. The summed E-state index contributed by atoms with van der Waals surface area (Å²) in [6, 6.07) is 1.85. The lowest BCUT2D eigenvalue weighted by Crippen LogP contribution is -2.40. The Balaban J connectivity index is 2.20. The molecule has 0 bridgehead atoms. The molecule has 1 aliphatic carbocycles. The molecule has 1 aliphatic heterocycles. The first-order chi connectivity index (χ1) is 8.20. The summed E-state index contributed by atoms with van der Waals surface area (Å²) in [6.07, 6.45) is 4.70. The van der Waals surface area contributed by atoms with Crippen LogP contribution >= 0.6 is 0 Å². The summed E-state index contributed by atoms with van der Waals surface area (Å²) < 4.78 is 0. The molecule has 0 radical (unpaired) electrons. The first-order valence-corrected chi connectivity index (χ1v) is 6.44. The fraction of sp³-hybridized carbons (Fsp3) is 0.769. The second-order valence-electron chi connectivity index (χ2n) is 4.97. The molecule has 0 aromatic carbocycles. The lowest BCUT2D eigenvalue weighted by atomic mass is 9.81. The minimum Gasteiger partial charge on any atom is -0.278 e. The molecule has 4 heteroatoms. The Labute approximate surface area is 102 Å². The van der Waals surface area contributed by atoms with Gasteiger partial charge in [-0.25, -0.2) is 0 Å². The van der Waals surface area contributed by atoms with Crippen LogP contribution in [0.1, 0.15) is 45.4 Å². The molecule has 1 saturated heterocycles. The summed E-state index contributed by atoms with van der Waals surface area (Å²) >= 11 is 0. The summed E-state index contributed by atoms with van der Waals surface area (Å²) in [5.74, 6) is -0.239. The van der Waals surface area contributed by atoms with Gasteiger partial charge in [0, 0.05) is 0 Å². The van der Waals surface area contributed by atoms with E-state index in [1.165, 1.54) is 4.90 Å². The Kier molecular flexibility index (Phi) is 3.46. The monoisotopic (exact) mass is 234 g/mol. The molecule has 0 aromatic heterocycles. The highest BCUT2D eigenvalue weighted by Gasteiger charge is 2.49. The second-order valence-corrected chi connectivity index (χ2v) is 4.97. The first kappa shape index (κ1) is 12.1. The lowest BCUT2D eigenvalue weighted by molar-refractivity contribution is -0.142. The largest absolute Gasteiger partial charge is 0.278 e. The van der Waals surface area contributed by atoms with E-state index in [1.54, 1.807) is 0 Å². The van der Waals surface area contributed by atoms with E-state index in [0.717, 1.165) is 25.7 Å². The summed E-state index contributed by atoms with van der Waals surface area (Å²) in [6.45, 7) is 1.92. The predicted octanol–water partition coefficient (Wildman–Crippen LogP) is 1.85. The molecule has 2 amide bonds. The molecular weight excluding hydrogens is 216 g/mol. The van der Waals surface area contributed by atoms with E-state index in [1.807, 2.05) is 6.92 Å². The normalized spacial score (nSPS) is 30.0. The number of nitriles is 1. The minimum absolute atomic E-state index is 0.0261. The van der Waals surface area contributed by atoms with E-state index in [9.17, 15) is 9.59 Å². The van der Waals surface area contributed by atoms with Crippen molar-refractivity contribution in [2.24, 2.45) is 11.8 Å². The van der Waals surface area contributed by atoms with Gasteiger partial charge in [-0.1, -0.05) is 19.8 Å². The molecule has 92 valence electrons. The molecule has 3 unspecified atom stereocenters. The SMILES string of the molecule is CCC(CC#N)N1C(=O)C2CCCCC2C1=O. The Morgan fingerprint density at radius 3 is 2.24 bits per heavy atom. The third-order valence-corrected chi connectivity index (χ3v) is 4.04. The van der Waals surface area contributed by atoms with Crippen LogP contribution in [-0.2, 0) is 9.59 Å². The van der Waals surface area contributed by atoms with E-state index in [0.29, 0.717) is 6.42 Å². The van der Waals surface area contributed by atoms with Crippen molar-refractivity contribution >= 4 is 11.8 Å². The zero-order chi connectivity index (χ0) is 12.4. The summed E-state index contributed by atoms with van der Waals surface area (Å²) in [4.78, 5) is 25.8. The van der Waals surface area contributed by atoms with Gasteiger partial charge in [0.1, 0.15) is 0 Å². The van der Waals surface area contributed by atoms with Gasteiger partial charge in [-0.3, -0.25) is 14.5 Å². The van der Waals surface area contributed by atoms with E-state index in [2.05, 4.69) is 6.07 Å². The average Bonchev–Trinajstić information content (AvgIpc) is 2.61. The maximum absolute atomic E-state index is 12.2. The van der Waals surface area contributed by atoms with Crippen LogP contribution in [0.4, 0.5) is 0 Å². The Bertz CT molecular complexity index is 348. The summed E-state index contributed by atoms with van der Waals surface area (Å²) in [5, 5.41) is 8.76. The number of carbonyl (C=O) groups excluding carboxylic acids is 2. The molecule has 1 heterocycles. The quantitative estimate of drug-likeness (QED) is 0.700. The molecular formula is C13H18N2O2. The number of hydrogen-bond donors (Lipinski definition) is 0. The van der Waals surface area contributed by atoms with Crippen molar-refractivity contribution in [1.82, 2.24) is 4.90 Å². The first-order valence-electron chi connectivity index (χ1n) is 6.44. The van der Waals surface area contributed by atoms with Gasteiger partial charge >= 0.3 is 0 Å². The van der Waals surface area contributed by atoms with Crippen molar-refractivity contribution in [3.63, 3.8) is 0 Å². The van der Waals surface area contributed by atoms with Crippen LogP contribution in [0.25, 0.3) is 0 Å². The molecule has 0 spiro atoms. The van der Waals surface area contributed by atoms with Gasteiger partial charge in [-0.15, -0.1) is 0 Å². The number of amides is 2. The van der Waals surface area contributed by atoms with Gasteiger partial charge in [0.25, 0.3) is 0 Å². The van der Waals surface area contributed by atoms with Crippen molar-refractivity contribution < 1.29 is 9.59 Å². The number of nitrogens with zero attached hydrogens (tertiary/aromatic N) is 2. The fourth-order valence-corrected chi connectivity index (χ4v) is 3.07. The van der Waals surface area contributed by atoms with E-state index < -0.39 is 0 Å². The third kappa shape index (κ3) is 1.95. The second kappa shape index (κ2) is 4.87. The molecule has 2 fully saturated rings. The van der Waals surface area contributed by atoms with Gasteiger partial charge in [-0.2, -0.15) is 5.26 Å². The van der Waals surface area contributed by atoms with Gasteiger partial charge in [0.05, 0.1) is 30.4 Å². The molecule has 0 N–H and O–H groups in total. The van der Waals surface area contributed by atoms with Gasteiger partial charge in [0.15, 0.2) is 0 Å². The van der Waals surface area contributed by atoms with Crippen LogP contribution in [-0.4, -0.2) is 22.8 Å². The van der Waals surface area contributed by atoms with Crippen molar-refractivity contribution in [3.8, 4) is 6.07 Å². The van der Waals surface area contributed by atoms with E-state index in [-0.39, 0.29) is 36.1 Å². The zero-order valence-corrected chi connectivity index (χ0v) is 10.2. The molecule has 17 heavy (non-hydrogen) atoms. The van der Waals surface area contributed by atoms with Crippen molar-refractivity contribution in [2.75, 3.05) is 0 Å². The third-order valence-electron chi connectivity index (χ3n) is 4.04. The maximum atomic E-state index is 12.2. The van der Waals surface area contributed by atoms with Gasteiger partial charge in [0.2, 0.25) is 11.8 Å². The molecule has 2 rings (SSSR count). The van der Waals surface area contributed by atoms with Gasteiger partial charge < -0.3 is 0 Å².